The maximum Gasteiger partial charge on any atom is 0.408 e. The molecule has 0 spiro atoms. The second-order valence-corrected chi connectivity index (χ2v) is 11.3. The van der Waals surface area contributed by atoms with Crippen molar-refractivity contribution in [3.8, 4) is 5.75 Å². The van der Waals surface area contributed by atoms with Gasteiger partial charge in [-0.1, -0.05) is 76.6 Å². The number of rotatable bonds is 15. The molecule has 5 N–H and O–H groups in total. The number of imide groups is 1. The molecule has 3 aromatic rings. The molecule has 0 aliphatic carbocycles. The Kier molecular flexibility index (Phi) is 15.7. The van der Waals surface area contributed by atoms with E-state index in [2.05, 4.69) is 26.3 Å². The molecule has 46 heavy (non-hydrogen) atoms. The zero-order valence-electron chi connectivity index (χ0n) is 26.6. The summed E-state index contributed by atoms with van der Waals surface area (Å²) in [6.45, 7) is 7.81. The van der Waals surface area contributed by atoms with Gasteiger partial charge in [0.05, 0.1) is 6.04 Å². The minimum Gasteiger partial charge on any atom is -0.508 e. The monoisotopic (exact) mass is 653 g/mol. The van der Waals surface area contributed by atoms with Crippen LogP contribution in [-0.4, -0.2) is 52.0 Å². The van der Waals surface area contributed by atoms with E-state index in [9.17, 15) is 24.3 Å². The summed E-state index contributed by atoms with van der Waals surface area (Å²) >= 11 is 0. The number of hydrogen-bond donors (Lipinski definition) is 5. The second kappa shape index (κ2) is 19.1. The van der Waals surface area contributed by atoms with E-state index in [1.54, 1.807) is 38.4 Å². The van der Waals surface area contributed by atoms with Crippen LogP contribution in [0.25, 0.3) is 0 Å². The van der Waals surface area contributed by atoms with Crippen LogP contribution in [0, 0.1) is 11.8 Å². The third-order valence-electron chi connectivity index (χ3n) is 7.46. The van der Waals surface area contributed by atoms with Crippen molar-refractivity contribution in [1.82, 2.24) is 26.3 Å². The van der Waals surface area contributed by atoms with Gasteiger partial charge in [-0.15, -0.1) is 12.4 Å². The van der Waals surface area contributed by atoms with Crippen LogP contribution in [-0.2, 0) is 38.7 Å². The number of ether oxygens (including phenoxy) is 1. The molecule has 0 aliphatic heterocycles. The van der Waals surface area contributed by atoms with Gasteiger partial charge in [0, 0.05) is 25.4 Å². The molecular weight excluding hydrogens is 610 g/mol. The minimum absolute atomic E-state index is 0. The lowest BCUT2D eigenvalue weighted by molar-refractivity contribution is -0.136. The lowest BCUT2D eigenvalue weighted by Gasteiger charge is -2.27. The lowest BCUT2D eigenvalue weighted by Crippen LogP contribution is -2.58. The molecule has 3 rings (SSSR count). The number of aromatic hydroxyl groups is 1. The Morgan fingerprint density at radius 2 is 1.43 bits per heavy atom. The van der Waals surface area contributed by atoms with Gasteiger partial charge < -0.3 is 25.8 Å². The first-order valence-corrected chi connectivity index (χ1v) is 15.1. The predicted molar refractivity (Wildman–Crippen MR) is 177 cm³/mol. The van der Waals surface area contributed by atoms with Crippen LogP contribution in [0.2, 0.25) is 0 Å². The number of carbonyl (C=O) groups excluding carboxylic acids is 4. The van der Waals surface area contributed by atoms with Gasteiger partial charge >= 0.3 is 6.09 Å². The molecule has 0 bridgehead atoms. The van der Waals surface area contributed by atoms with E-state index in [4.69, 9.17) is 4.74 Å². The highest BCUT2D eigenvalue weighted by Gasteiger charge is 2.32. The van der Waals surface area contributed by atoms with Crippen molar-refractivity contribution in [3.05, 3.63) is 95.8 Å². The Morgan fingerprint density at radius 3 is 2.04 bits per heavy atom. The third kappa shape index (κ3) is 12.1. The van der Waals surface area contributed by atoms with Crippen LogP contribution in [0.15, 0.2) is 79.1 Å². The maximum atomic E-state index is 13.6. The number of alkyl carbamates (subject to hydrolysis) is 1. The van der Waals surface area contributed by atoms with E-state index in [1.165, 1.54) is 12.1 Å². The first kappa shape index (κ1) is 37.7. The van der Waals surface area contributed by atoms with Crippen molar-refractivity contribution in [1.29, 1.82) is 0 Å². The summed E-state index contributed by atoms with van der Waals surface area (Å²) in [5.74, 6) is -2.22. The van der Waals surface area contributed by atoms with Gasteiger partial charge in [0.25, 0.3) is 0 Å². The average molecular weight is 654 g/mol. The van der Waals surface area contributed by atoms with Crippen molar-refractivity contribution < 1.29 is 29.0 Å². The molecule has 0 fully saturated rings. The molecule has 12 heteroatoms. The fourth-order valence-corrected chi connectivity index (χ4v) is 4.57. The molecule has 0 saturated carbocycles. The highest BCUT2D eigenvalue weighted by Crippen LogP contribution is 2.14. The van der Waals surface area contributed by atoms with Crippen LogP contribution in [0.5, 0.6) is 5.75 Å². The zero-order chi connectivity index (χ0) is 32.8. The second-order valence-electron chi connectivity index (χ2n) is 11.3. The van der Waals surface area contributed by atoms with Crippen LogP contribution in [0.3, 0.4) is 0 Å². The molecule has 0 saturated heterocycles. The van der Waals surface area contributed by atoms with E-state index >= 15 is 0 Å². The van der Waals surface area contributed by atoms with Crippen molar-refractivity contribution in [2.24, 2.45) is 11.8 Å². The summed E-state index contributed by atoms with van der Waals surface area (Å²) in [5.41, 5.74) is 2.37. The number of carbonyl (C=O) groups is 4. The van der Waals surface area contributed by atoms with Gasteiger partial charge in [-0.2, -0.15) is 0 Å². The molecule has 248 valence electrons. The molecular formula is C34H44ClN5O6. The highest BCUT2D eigenvalue weighted by molar-refractivity contribution is 6.02. The summed E-state index contributed by atoms with van der Waals surface area (Å²) in [5, 5.41) is 20.8. The number of pyridine rings is 1. The Labute approximate surface area is 276 Å². The fourth-order valence-electron chi connectivity index (χ4n) is 4.57. The van der Waals surface area contributed by atoms with Crippen molar-refractivity contribution >= 4 is 36.2 Å². The SMILES string of the molecule is CC[C@H](C)[C@H](NCc1ccncc1)C(=O)NC(=O)[C@H](Cc1ccc(O)cc1)NC(=O)[C@@H](NC(=O)OCc1ccccc1)C(C)C.Cl. The molecule has 2 aromatic carbocycles. The first-order chi connectivity index (χ1) is 21.6. The molecule has 0 unspecified atom stereocenters. The highest BCUT2D eigenvalue weighted by atomic mass is 35.5. The number of halogens is 1. The van der Waals surface area contributed by atoms with E-state index in [0.717, 1.165) is 11.1 Å². The van der Waals surface area contributed by atoms with Gasteiger partial charge in [-0.05, 0) is 52.8 Å². The third-order valence-corrected chi connectivity index (χ3v) is 7.46. The maximum absolute atomic E-state index is 13.6. The summed E-state index contributed by atoms with van der Waals surface area (Å²) in [6, 6.07) is 16.1. The molecule has 0 aliphatic rings. The molecule has 1 heterocycles. The number of phenolic OH excluding ortho intramolecular Hbond substituents is 1. The number of hydrogen-bond acceptors (Lipinski definition) is 8. The van der Waals surface area contributed by atoms with Crippen molar-refractivity contribution in [2.75, 3.05) is 0 Å². The van der Waals surface area contributed by atoms with E-state index in [-0.39, 0.29) is 43.0 Å². The number of aromatic nitrogens is 1. The summed E-state index contributed by atoms with van der Waals surface area (Å²) < 4.78 is 5.30. The van der Waals surface area contributed by atoms with E-state index in [1.807, 2.05) is 56.3 Å². The van der Waals surface area contributed by atoms with Gasteiger partial charge in [0.2, 0.25) is 17.7 Å². The zero-order valence-corrected chi connectivity index (χ0v) is 27.4. The lowest BCUT2D eigenvalue weighted by atomic mass is 9.97. The molecule has 0 radical (unpaired) electrons. The Hall–Kier alpha value is -4.48. The Balaban J connectivity index is 0.00000736. The van der Waals surface area contributed by atoms with Crippen molar-refractivity contribution in [2.45, 2.75) is 71.8 Å². The average Bonchev–Trinajstić information content (AvgIpc) is 3.04. The summed E-state index contributed by atoms with van der Waals surface area (Å²) in [4.78, 5) is 57.1. The number of benzene rings is 2. The van der Waals surface area contributed by atoms with Gasteiger partial charge in [-0.25, -0.2) is 4.79 Å². The fraction of sp³-hybridized carbons (Fsp3) is 0.382. The number of nitrogens with zero attached hydrogens (tertiary/aromatic N) is 1. The van der Waals surface area contributed by atoms with Crippen molar-refractivity contribution in [3.63, 3.8) is 0 Å². The molecule has 11 nitrogen and oxygen atoms in total. The molecule has 1 aromatic heterocycles. The van der Waals surface area contributed by atoms with Gasteiger partial charge in [0.15, 0.2) is 0 Å². The number of phenols is 1. The molecule has 4 atom stereocenters. The van der Waals surface area contributed by atoms with Crippen LogP contribution in [0.1, 0.15) is 50.8 Å². The van der Waals surface area contributed by atoms with Gasteiger partial charge in [0.1, 0.15) is 24.4 Å². The van der Waals surface area contributed by atoms with Crippen LogP contribution < -0.4 is 21.3 Å². The standard InChI is InChI=1S/C34H43N5O6.ClH/c1-5-23(4)30(36-20-25-15-17-35-18-16-25)33(43)39-31(41)28(19-24-11-13-27(40)14-12-24)37-32(42)29(22(2)3)38-34(44)45-21-26-9-7-6-8-10-26;/h6-18,22-23,28-30,36,40H,5,19-21H2,1-4H3,(H,37,42)(H,38,44)(H,39,41,43);1H/t23-,28-,29-,30-;/m0./s1. The first-order valence-electron chi connectivity index (χ1n) is 15.1. The summed E-state index contributed by atoms with van der Waals surface area (Å²) in [7, 11) is 0. The van der Waals surface area contributed by atoms with Crippen LogP contribution in [0.4, 0.5) is 4.79 Å². The topological polar surface area (TPSA) is 159 Å². The van der Waals surface area contributed by atoms with E-state index in [0.29, 0.717) is 18.5 Å². The minimum atomic E-state index is -1.16. The van der Waals surface area contributed by atoms with Gasteiger partial charge in [-0.3, -0.25) is 24.7 Å². The van der Waals surface area contributed by atoms with Crippen LogP contribution >= 0.6 is 12.4 Å². The number of amides is 4. The molecule has 4 amide bonds. The Bertz CT molecular complexity index is 1390. The largest absolute Gasteiger partial charge is 0.508 e. The smallest absolute Gasteiger partial charge is 0.408 e. The van der Waals surface area contributed by atoms with E-state index < -0.39 is 41.9 Å². The predicted octanol–water partition coefficient (Wildman–Crippen LogP) is 4.03. The number of nitrogens with one attached hydrogen (secondary N) is 4. The normalized spacial score (nSPS) is 13.3. The summed E-state index contributed by atoms with van der Waals surface area (Å²) in [6.07, 6.45) is 3.27. The quantitative estimate of drug-likeness (QED) is 0.164. The Morgan fingerprint density at radius 1 is 0.783 bits per heavy atom.